The molecule has 1 heterocycles. The van der Waals surface area contributed by atoms with Gasteiger partial charge in [-0.25, -0.2) is 4.68 Å². The number of para-hydroxylation sites is 1. The normalized spacial score (nSPS) is 11.1. The van der Waals surface area contributed by atoms with Gasteiger partial charge in [-0.3, -0.25) is 25.8 Å². The lowest BCUT2D eigenvalue weighted by Crippen LogP contribution is -2.30. The molecule has 0 saturated heterocycles. The molecule has 9 nitrogen and oxygen atoms in total. The van der Waals surface area contributed by atoms with Crippen molar-refractivity contribution in [3.05, 3.63) is 76.1 Å². The van der Waals surface area contributed by atoms with Gasteiger partial charge in [0.15, 0.2) is 5.69 Å². The summed E-state index contributed by atoms with van der Waals surface area (Å²) in [5.74, 6) is -0.781. The molecule has 0 aliphatic heterocycles. The number of hydrazine groups is 1. The molecule has 2 N–H and O–H groups in total. The van der Waals surface area contributed by atoms with Gasteiger partial charge in [0.2, 0.25) is 0 Å². The first-order valence-corrected chi connectivity index (χ1v) is 7.65. The summed E-state index contributed by atoms with van der Waals surface area (Å²) in [4.78, 5) is 22.2. The molecule has 144 valence electrons. The van der Waals surface area contributed by atoms with Crippen LogP contribution in [0.1, 0.15) is 16.1 Å². The molecule has 3 aromatic rings. The van der Waals surface area contributed by atoms with Gasteiger partial charge in [0.25, 0.3) is 11.6 Å². The second-order valence-corrected chi connectivity index (χ2v) is 5.45. The van der Waals surface area contributed by atoms with E-state index in [2.05, 4.69) is 21.2 Å². The average Bonchev–Trinajstić information content (AvgIpc) is 3.16. The summed E-state index contributed by atoms with van der Waals surface area (Å²) in [6, 6.07) is 10.7. The van der Waals surface area contributed by atoms with Crippen LogP contribution in [0.25, 0.3) is 5.69 Å². The minimum Gasteiger partial charge on any atom is -0.292 e. The van der Waals surface area contributed by atoms with Crippen LogP contribution in [0.15, 0.2) is 54.7 Å². The molecular formula is C16H11F3N6O3. The number of nitro benzene ring substituents is 1. The summed E-state index contributed by atoms with van der Waals surface area (Å²) >= 11 is 0. The fourth-order valence-corrected chi connectivity index (χ4v) is 2.23. The number of nitrogens with zero attached hydrogens (tertiary/aromatic N) is 4. The van der Waals surface area contributed by atoms with Crippen molar-refractivity contribution >= 4 is 17.3 Å². The van der Waals surface area contributed by atoms with Crippen molar-refractivity contribution in [2.75, 3.05) is 5.43 Å². The zero-order valence-corrected chi connectivity index (χ0v) is 13.8. The Bertz CT molecular complexity index is 1020. The lowest BCUT2D eigenvalue weighted by atomic mass is 10.1. The number of carbonyl (C=O) groups excluding carboxylic acids is 1. The van der Waals surface area contributed by atoms with Gasteiger partial charge in [-0.15, -0.1) is 5.10 Å². The summed E-state index contributed by atoms with van der Waals surface area (Å²) in [5, 5.41) is 18.5. The van der Waals surface area contributed by atoms with Gasteiger partial charge in [0.1, 0.15) is 5.69 Å². The number of rotatable bonds is 5. The molecular weight excluding hydrogens is 381 g/mol. The minimum absolute atomic E-state index is 0.106. The number of aromatic nitrogens is 3. The van der Waals surface area contributed by atoms with Crippen LogP contribution in [0.3, 0.4) is 0 Å². The molecule has 1 amide bonds. The third-order valence-electron chi connectivity index (χ3n) is 3.58. The van der Waals surface area contributed by atoms with Gasteiger partial charge in [-0.05, 0) is 24.3 Å². The molecule has 1 aromatic heterocycles. The number of nitro groups is 1. The summed E-state index contributed by atoms with van der Waals surface area (Å²) in [6.45, 7) is 0. The predicted molar refractivity (Wildman–Crippen MR) is 90.5 cm³/mol. The lowest BCUT2D eigenvalue weighted by molar-refractivity contribution is -0.384. The molecule has 28 heavy (non-hydrogen) atoms. The fourth-order valence-electron chi connectivity index (χ4n) is 2.23. The SMILES string of the molecule is O=C(NNc1ccc(C(F)(F)F)cc1[N+](=O)[O-])c1cn(-c2ccccc2)nn1. The van der Waals surface area contributed by atoms with Crippen LogP contribution >= 0.6 is 0 Å². The highest BCUT2D eigenvalue weighted by molar-refractivity contribution is 5.93. The summed E-state index contributed by atoms with van der Waals surface area (Å²) in [7, 11) is 0. The van der Waals surface area contributed by atoms with E-state index >= 15 is 0 Å². The standard InChI is InChI=1S/C16H11F3N6O3/c17-16(18,19)10-6-7-12(14(8-10)25(27)28)20-22-15(26)13-9-24(23-21-13)11-4-2-1-3-5-11/h1-9,20H,(H,22,26). The summed E-state index contributed by atoms with van der Waals surface area (Å²) < 4.78 is 39.5. The van der Waals surface area contributed by atoms with E-state index in [4.69, 9.17) is 0 Å². The van der Waals surface area contributed by atoms with Crippen molar-refractivity contribution in [1.82, 2.24) is 20.4 Å². The third-order valence-corrected chi connectivity index (χ3v) is 3.58. The van der Waals surface area contributed by atoms with Crippen molar-refractivity contribution in [3.63, 3.8) is 0 Å². The van der Waals surface area contributed by atoms with E-state index < -0.39 is 28.3 Å². The van der Waals surface area contributed by atoms with E-state index in [-0.39, 0.29) is 11.4 Å². The number of nitrogens with one attached hydrogen (secondary N) is 2. The topological polar surface area (TPSA) is 115 Å². The van der Waals surface area contributed by atoms with Crippen LogP contribution in [-0.4, -0.2) is 25.8 Å². The fraction of sp³-hybridized carbons (Fsp3) is 0.0625. The van der Waals surface area contributed by atoms with Gasteiger partial charge in [0.05, 0.1) is 22.4 Å². The number of hydrogen-bond acceptors (Lipinski definition) is 6. The molecule has 0 spiro atoms. The minimum atomic E-state index is -4.73. The van der Waals surface area contributed by atoms with Gasteiger partial charge < -0.3 is 0 Å². The molecule has 0 aliphatic rings. The largest absolute Gasteiger partial charge is 0.416 e. The zero-order valence-electron chi connectivity index (χ0n) is 13.8. The van der Waals surface area contributed by atoms with Gasteiger partial charge in [-0.1, -0.05) is 23.4 Å². The van der Waals surface area contributed by atoms with E-state index in [0.29, 0.717) is 17.8 Å². The van der Waals surface area contributed by atoms with Crippen LogP contribution in [0.2, 0.25) is 0 Å². The van der Waals surface area contributed by atoms with Crippen molar-refractivity contribution in [1.29, 1.82) is 0 Å². The van der Waals surface area contributed by atoms with E-state index in [1.54, 1.807) is 30.3 Å². The van der Waals surface area contributed by atoms with Crippen LogP contribution in [-0.2, 0) is 6.18 Å². The number of halogens is 3. The highest BCUT2D eigenvalue weighted by atomic mass is 19.4. The molecule has 0 atom stereocenters. The maximum Gasteiger partial charge on any atom is 0.416 e. The molecule has 3 rings (SSSR count). The second-order valence-electron chi connectivity index (χ2n) is 5.45. The quantitative estimate of drug-likeness (QED) is 0.510. The number of alkyl halides is 3. The summed E-state index contributed by atoms with van der Waals surface area (Å²) in [6.07, 6.45) is -3.41. The summed E-state index contributed by atoms with van der Waals surface area (Å²) in [5.41, 5.74) is 2.58. The Morgan fingerprint density at radius 2 is 1.86 bits per heavy atom. The van der Waals surface area contributed by atoms with Crippen molar-refractivity contribution < 1.29 is 22.9 Å². The van der Waals surface area contributed by atoms with E-state index in [1.807, 2.05) is 0 Å². The van der Waals surface area contributed by atoms with E-state index in [0.717, 1.165) is 6.07 Å². The second kappa shape index (κ2) is 7.34. The van der Waals surface area contributed by atoms with Crippen LogP contribution < -0.4 is 10.9 Å². The van der Waals surface area contributed by atoms with Crippen LogP contribution in [0.4, 0.5) is 24.5 Å². The Kier molecular flexibility index (Phi) is 4.94. The van der Waals surface area contributed by atoms with Gasteiger partial charge in [-0.2, -0.15) is 13.2 Å². The zero-order chi connectivity index (χ0) is 20.3. The Morgan fingerprint density at radius 3 is 2.50 bits per heavy atom. The molecule has 0 saturated carbocycles. The molecule has 0 bridgehead atoms. The first-order chi connectivity index (χ1) is 13.3. The predicted octanol–water partition coefficient (Wildman–Crippen LogP) is 2.95. The molecule has 0 unspecified atom stereocenters. The third kappa shape index (κ3) is 4.06. The smallest absolute Gasteiger partial charge is 0.292 e. The van der Waals surface area contributed by atoms with Crippen molar-refractivity contribution in [2.24, 2.45) is 0 Å². The molecule has 0 fully saturated rings. The first-order valence-electron chi connectivity index (χ1n) is 7.65. The van der Waals surface area contributed by atoms with Crippen LogP contribution in [0, 0.1) is 10.1 Å². The Labute approximate surface area is 154 Å². The monoisotopic (exact) mass is 392 g/mol. The Balaban J connectivity index is 1.74. The molecule has 0 radical (unpaired) electrons. The van der Waals surface area contributed by atoms with Crippen molar-refractivity contribution in [2.45, 2.75) is 6.18 Å². The Morgan fingerprint density at radius 1 is 1.14 bits per heavy atom. The maximum absolute atomic E-state index is 12.7. The molecule has 0 aliphatic carbocycles. The Hall–Kier alpha value is -3.96. The number of amides is 1. The van der Waals surface area contributed by atoms with Crippen LogP contribution in [0.5, 0.6) is 0 Å². The van der Waals surface area contributed by atoms with E-state index in [1.165, 1.54) is 10.9 Å². The number of carbonyl (C=O) groups is 1. The molecule has 12 heteroatoms. The maximum atomic E-state index is 12.7. The number of benzene rings is 2. The average molecular weight is 392 g/mol. The highest BCUT2D eigenvalue weighted by Gasteiger charge is 2.33. The van der Waals surface area contributed by atoms with Crippen molar-refractivity contribution in [3.8, 4) is 5.69 Å². The first kappa shape index (κ1) is 18.8. The highest BCUT2D eigenvalue weighted by Crippen LogP contribution is 2.34. The lowest BCUT2D eigenvalue weighted by Gasteiger charge is -2.10. The van der Waals surface area contributed by atoms with E-state index in [9.17, 15) is 28.1 Å². The number of hydrogen-bond donors (Lipinski definition) is 2. The number of anilines is 1. The van der Waals surface area contributed by atoms with Gasteiger partial charge >= 0.3 is 6.18 Å². The molecule has 2 aromatic carbocycles. The van der Waals surface area contributed by atoms with Gasteiger partial charge in [0, 0.05) is 6.07 Å².